The molecule has 0 fully saturated rings. The summed E-state index contributed by atoms with van der Waals surface area (Å²) in [5.41, 5.74) is 5.60. The first-order chi connectivity index (χ1) is 13.4. The van der Waals surface area contributed by atoms with Gasteiger partial charge in [0.25, 0.3) is 5.91 Å². The Morgan fingerprint density at radius 2 is 2.00 bits per heavy atom. The molecule has 0 bridgehead atoms. The number of ether oxygens (including phenoxy) is 1. The lowest BCUT2D eigenvalue weighted by Gasteiger charge is -2.08. The molecule has 4 rings (SSSR count). The predicted octanol–water partition coefficient (Wildman–Crippen LogP) is 1.82. The number of anilines is 1. The van der Waals surface area contributed by atoms with Gasteiger partial charge in [0.15, 0.2) is 11.6 Å². The van der Waals surface area contributed by atoms with E-state index in [4.69, 9.17) is 4.74 Å². The van der Waals surface area contributed by atoms with E-state index in [0.717, 1.165) is 5.56 Å². The number of nitrogens with zero attached hydrogens (tertiary/aromatic N) is 5. The fraction of sp³-hybridized carbons (Fsp3) is 0.278. The summed E-state index contributed by atoms with van der Waals surface area (Å²) >= 11 is 0. The summed E-state index contributed by atoms with van der Waals surface area (Å²) in [5.74, 6) is -0.877. The molecule has 1 aliphatic rings. The van der Waals surface area contributed by atoms with Crippen LogP contribution in [0.1, 0.15) is 24.6 Å². The Morgan fingerprint density at radius 1 is 1.21 bits per heavy atom. The minimum atomic E-state index is -0.593. The molecule has 1 aliphatic heterocycles. The number of hydrogen-bond acceptors (Lipinski definition) is 7. The number of aryl methyl sites for hydroxylation is 2. The maximum absolute atomic E-state index is 14.1. The molecule has 0 radical (unpaired) electrons. The Hall–Kier alpha value is -3.56. The molecular weight excluding hydrogens is 367 g/mol. The van der Waals surface area contributed by atoms with Crippen molar-refractivity contribution in [3.63, 3.8) is 0 Å². The van der Waals surface area contributed by atoms with Crippen LogP contribution < -0.4 is 10.5 Å². The Labute approximate surface area is 159 Å². The van der Waals surface area contributed by atoms with Gasteiger partial charge >= 0.3 is 5.97 Å². The normalized spacial score (nSPS) is 12.1. The fourth-order valence-corrected chi connectivity index (χ4v) is 2.91. The molecule has 0 unspecified atom stereocenters. The van der Waals surface area contributed by atoms with Crippen LogP contribution in [0, 0.1) is 19.7 Å². The second kappa shape index (κ2) is 6.55. The number of benzene rings is 1. The topological polar surface area (TPSA) is 102 Å². The first-order valence-electron chi connectivity index (χ1n) is 8.68. The minimum Gasteiger partial charge on any atom is -0.466 e. The number of carbonyl (C=O) groups excluding carboxylic acids is 2. The highest BCUT2D eigenvalue weighted by Crippen LogP contribution is 2.34. The average molecular weight is 384 g/mol. The van der Waals surface area contributed by atoms with Crippen LogP contribution in [-0.2, 0) is 14.3 Å². The first kappa shape index (κ1) is 17.8. The summed E-state index contributed by atoms with van der Waals surface area (Å²) in [6, 6.07) is 4.91. The standard InChI is InChI=1S/C18H17FN6O3/c1-4-28-16(27)8-14(26)23-25-15-7-13(22-24(15)25)17-10(3)20-18-11(19)5-9(2)6-12(18)21-17/h5-7H,4,8H2,1-3H3,(H,23,26). The predicted molar refractivity (Wildman–Crippen MR) is 97.5 cm³/mol. The van der Waals surface area contributed by atoms with E-state index in [9.17, 15) is 14.0 Å². The van der Waals surface area contributed by atoms with Crippen LogP contribution in [-0.4, -0.2) is 38.3 Å². The lowest BCUT2D eigenvalue weighted by molar-refractivity contribution is -0.145. The third-order valence-corrected chi connectivity index (χ3v) is 4.17. The number of amides is 1. The van der Waals surface area contributed by atoms with Gasteiger partial charge in [0.2, 0.25) is 0 Å². The molecule has 144 valence electrons. The SMILES string of the molecule is CCOC(=O)CC(=O)NN1c2cc(-c3nc4cc(C)cc(F)c4nc3C)nn21. The van der Waals surface area contributed by atoms with Crippen molar-refractivity contribution in [1.82, 2.24) is 25.3 Å². The number of carbonyl (C=O) groups is 2. The fourth-order valence-electron chi connectivity index (χ4n) is 2.91. The van der Waals surface area contributed by atoms with Crippen LogP contribution in [0.4, 0.5) is 10.2 Å². The summed E-state index contributed by atoms with van der Waals surface area (Å²) in [5, 5.41) is 5.75. The highest BCUT2D eigenvalue weighted by atomic mass is 19.1. The van der Waals surface area contributed by atoms with Gasteiger partial charge in [0, 0.05) is 6.07 Å². The van der Waals surface area contributed by atoms with E-state index in [1.165, 1.54) is 16.0 Å². The van der Waals surface area contributed by atoms with E-state index in [0.29, 0.717) is 28.4 Å². The highest BCUT2D eigenvalue weighted by Gasteiger charge is 2.35. The number of nitrogens with one attached hydrogen (secondary N) is 1. The van der Waals surface area contributed by atoms with Crippen molar-refractivity contribution in [1.29, 1.82) is 0 Å². The molecule has 0 atom stereocenters. The Balaban J connectivity index is 1.52. The molecule has 1 amide bonds. The molecule has 0 spiro atoms. The molecular formula is C18H17FN6O3. The van der Waals surface area contributed by atoms with Gasteiger partial charge in [-0.15, -0.1) is 15.0 Å². The largest absolute Gasteiger partial charge is 0.466 e. The number of fused-ring (bicyclic) bond motifs is 2. The molecule has 0 saturated carbocycles. The first-order valence-corrected chi connectivity index (χ1v) is 8.68. The van der Waals surface area contributed by atoms with Crippen LogP contribution in [0.5, 0.6) is 0 Å². The van der Waals surface area contributed by atoms with Gasteiger partial charge in [-0.1, -0.05) is 0 Å². The molecule has 0 aliphatic carbocycles. The van der Waals surface area contributed by atoms with E-state index in [1.54, 1.807) is 32.9 Å². The van der Waals surface area contributed by atoms with Gasteiger partial charge < -0.3 is 4.74 Å². The lowest BCUT2D eigenvalue weighted by Crippen LogP contribution is -2.36. The number of aromatic nitrogens is 4. The van der Waals surface area contributed by atoms with Crippen molar-refractivity contribution in [2.24, 2.45) is 0 Å². The van der Waals surface area contributed by atoms with Crippen molar-refractivity contribution in [3.8, 4) is 11.4 Å². The quantitative estimate of drug-likeness (QED) is 0.407. The second-order valence-corrected chi connectivity index (χ2v) is 6.38. The summed E-state index contributed by atoms with van der Waals surface area (Å²) in [4.78, 5) is 33.4. The van der Waals surface area contributed by atoms with Crippen molar-refractivity contribution in [2.45, 2.75) is 27.2 Å². The summed E-state index contributed by atoms with van der Waals surface area (Å²) in [6.07, 6.45) is -0.373. The van der Waals surface area contributed by atoms with Crippen molar-refractivity contribution in [3.05, 3.63) is 35.3 Å². The van der Waals surface area contributed by atoms with Gasteiger partial charge in [-0.05, 0) is 38.5 Å². The molecule has 1 N–H and O–H groups in total. The summed E-state index contributed by atoms with van der Waals surface area (Å²) in [7, 11) is 0. The van der Waals surface area contributed by atoms with Crippen LogP contribution in [0.25, 0.3) is 22.4 Å². The molecule has 10 heteroatoms. The zero-order chi connectivity index (χ0) is 20.0. The van der Waals surface area contributed by atoms with E-state index < -0.39 is 17.7 Å². The second-order valence-electron chi connectivity index (χ2n) is 6.38. The van der Waals surface area contributed by atoms with Crippen molar-refractivity contribution in [2.75, 3.05) is 11.7 Å². The van der Waals surface area contributed by atoms with Crippen LogP contribution in [0.3, 0.4) is 0 Å². The third kappa shape index (κ3) is 3.13. The highest BCUT2D eigenvalue weighted by molar-refractivity contribution is 5.95. The smallest absolute Gasteiger partial charge is 0.315 e. The van der Waals surface area contributed by atoms with Gasteiger partial charge in [-0.25, -0.2) is 19.8 Å². The van der Waals surface area contributed by atoms with Crippen LogP contribution in [0.15, 0.2) is 18.2 Å². The number of hydrogen-bond donors (Lipinski definition) is 1. The van der Waals surface area contributed by atoms with Gasteiger partial charge in [0.1, 0.15) is 23.3 Å². The zero-order valence-electron chi connectivity index (χ0n) is 15.5. The molecule has 3 heterocycles. The maximum Gasteiger partial charge on any atom is 0.315 e. The maximum atomic E-state index is 14.1. The zero-order valence-corrected chi connectivity index (χ0v) is 15.5. The van der Waals surface area contributed by atoms with Gasteiger partial charge in [-0.2, -0.15) is 0 Å². The van der Waals surface area contributed by atoms with E-state index in [1.807, 2.05) is 0 Å². The molecule has 3 aromatic rings. The molecule has 2 aromatic heterocycles. The molecule has 28 heavy (non-hydrogen) atoms. The summed E-state index contributed by atoms with van der Waals surface area (Å²) < 4.78 is 18.8. The number of esters is 1. The third-order valence-electron chi connectivity index (χ3n) is 4.17. The molecule has 0 saturated heterocycles. The van der Waals surface area contributed by atoms with Crippen LogP contribution >= 0.6 is 0 Å². The monoisotopic (exact) mass is 384 g/mol. The van der Waals surface area contributed by atoms with E-state index in [-0.39, 0.29) is 18.5 Å². The van der Waals surface area contributed by atoms with Crippen LogP contribution in [0.2, 0.25) is 0 Å². The lowest BCUT2D eigenvalue weighted by atomic mass is 10.1. The molecule has 9 nitrogen and oxygen atoms in total. The Kier molecular flexibility index (Phi) is 4.17. The number of rotatable bonds is 5. The van der Waals surface area contributed by atoms with Gasteiger partial charge in [0.05, 0.1) is 17.8 Å². The van der Waals surface area contributed by atoms with Crippen molar-refractivity contribution >= 4 is 28.7 Å². The Morgan fingerprint density at radius 3 is 2.68 bits per heavy atom. The van der Waals surface area contributed by atoms with E-state index >= 15 is 0 Å². The summed E-state index contributed by atoms with van der Waals surface area (Å²) in [6.45, 7) is 5.41. The molecule has 1 aromatic carbocycles. The number of halogens is 1. The Bertz CT molecular complexity index is 1100. The van der Waals surface area contributed by atoms with Crippen molar-refractivity contribution < 1.29 is 18.7 Å². The van der Waals surface area contributed by atoms with Gasteiger partial charge in [-0.3, -0.25) is 9.59 Å². The minimum absolute atomic E-state index is 0.219. The van der Waals surface area contributed by atoms with E-state index in [2.05, 4.69) is 20.5 Å². The average Bonchev–Trinajstić information content (AvgIpc) is 3.05. The number of hydrazine groups is 1.